The molecule has 0 saturated heterocycles. The number of carbonyl (C=O) groups is 2. The molecule has 2 N–H and O–H groups in total. The third-order valence-corrected chi connectivity index (χ3v) is 5.32. The molecule has 0 aliphatic heterocycles. The van der Waals surface area contributed by atoms with E-state index in [1.54, 1.807) is 6.08 Å². The van der Waals surface area contributed by atoms with Gasteiger partial charge in [-0.2, -0.15) is 5.26 Å². The molecule has 0 saturated carbocycles. The fourth-order valence-corrected chi connectivity index (χ4v) is 4.25. The van der Waals surface area contributed by atoms with Crippen molar-refractivity contribution in [2.45, 2.75) is 25.2 Å². The lowest BCUT2D eigenvalue weighted by molar-refractivity contribution is -0.139. The second-order valence-electron chi connectivity index (χ2n) is 5.77. The number of nitriles is 1. The number of benzene rings is 1. The van der Waals surface area contributed by atoms with Gasteiger partial charge in [0.1, 0.15) is 11.1 Å². The highest BCUT2D eigenvalue weighted by Crippen LogP contribution is 2.43. The maximum atomic E-state index is 12.2. The van der Waals surface area contributed by atoms with E-state index in [2.05, 4.69) is 11.4 Å². The Morgan fingerprint density at radius 3 is 2.76 bits per heavy atom. The zero-order chi connectivity index (χ0) is 17.8. The van der Waals surface area contributed by atoms with E-state index in [4.69, 9.17) is 0 Å². The van der Waals surface area contributed by atoms with Gasteiger partial charge in [0.2, 0.25) is 5.91 Å². The van der Waals surface area contributed by atoms with E-state index in [1.807, 2.05) is 30.3 Å². The molecule has 1 aromatic carbocycles. The summed E-state index contributed by atoms with van der Waals surface area (Å²) in [5, 5.41) is 22.0. The SMILES string of the molecule is N#Cc1c(NC(=O)/C=C/c2ccccc2)sc2c1C(C(=O)O)CCC2. The highest BCUT2D eigenvalue weighted by molar-refractivity contribution is 7.16. The molecular weight excluding hydrogens is 336 g/mol. The summed E-state index contributed by atoms with van der Waals surface area (Å²) in [4.78, 5) is 24.5. The summed E-state index contributed by atoms with van der Waals surface area (Å²) in [5.74, 6) is -1.93. The normalized spacial score (nSPS) is 16.2. The maximum absolute atomic E-state index is 12.2. The number of rotatable bonds is 4. The van der Waals surface area contributed by atoms with E-state index in [0.29, 0.717) is 17.0 Å². The monoisotopic (exact) mass is 352 g/mol. The van der Waals surface area contributed by atoms with Crippen LogP contribution in [0.2, 0.25) is 0 Å². The first kappa shape index (κ1) is 16.9. The zero-order valence-corrected chi connectivity index (χ0v) is 14.2. The van der Waals surface area contributed by atoms with Gasteiger partial charge < -0.3 is 10.4 Å². The molecule has 1 amide bonds. The molecule has 126 valence electrons. The predicted molar refractivity (Wildman–Crippen MR) is 96.5 cm³/mol. The molecule has 0 radical (unpaired) electrons. The maximum Gasteiger partial charge on any atom is 0.311 e. The second kappa shape index (κ2) is 7.32. The molecule has 1 heterocycles. The van der Waals surface area contributed by atoms with E-state index < -0.39 is 11.9 Å². The quantitative estimate of drug-likeness (QED) is 0.820. The fourth-order valence-electron chi connectivity index (χ4n) is 2.99. The van der Waals surface area contributed by atoms with Crippen LogP contribution in [0.4, 0.5) is 5.00 Å². The smallest absolute Gasteiger partial charge is 0.311 e. The van der Waals surface area contributed by atoms with Gasteiger partial charge >= 0.3 is 5.97 Å². The first-order chi connectivity index (χ1) is 12.1. The number of nitrogens with zero attached hydrogens (tertiary/aromatic N) is 1. The first-order valence-electron chi connectivity index (χ1n) is 7.92. The van der Waals surface area contributed by atoms with Crippen LogP contribution >= 0.6 is 11.3 Å². The van der Waals surface area contributed by atoms with Crippen LogP contribution in [-0.4, -0.2) is 17.0 Å². The van der Waals surface area contributed by atoms with Gasteiger partial charge in [-0.3, -0.25) is 9.59 Å². The fraction of sp³-hybridized carbons (Fsp3) is 0.211. The Balaban J connectivity index is 1.84. The number of fused-ring (bicyclic) bond motifs is 1. The van der Waals surface area contributed by atoms with Crippen molar-refractivity contribution < 1.29 is 14.7 Å². The zero-order valence-electron chi connectivity index (χ0n) is 13.4. The Hall–Kier alpha value is -2.91. The first-order valence-corrected chi connectivity index (χ1v) is 8.74. The summed E-state index contributed by atoms with van der Waals surface area (Å²) < 4.78 is 0. The minimum Gasteiger partial charge on any atom is -0.481 e. The van der Waals surface area contributed by atoms with E-state index in [0.717, 1.165) is 23.3 Å². The van der Waals surface area contributed by atoms with Gasteiger partial charge in [0, 0.05) is 16.5 Å². The average molecular weight is 352 g/mol. The molecule has 1 atom stereocenters. The van der Waals surface area contributed by atoms with Crippen molar-refractivity contribution in [3.05, 3.63) is 58.0 Å². The van der Waals surface area contributed by atoms with Gasteiger partial charge in [0.05, 0.1) is 11.5 Å². The van der Waals surface area contributed by atoms with Gasteiger partial charge in [-0.15, -0.1) is 11.3 Å². The summed E-state index contributed by atoms with van der Waals surface area (Å²) in [6.45, 7) is 0. The molecule has 1 unspecified atom stereocenters. The van der Waals surface area contributed by atoms with Gasteiger partial charge in [0.25, 0.3) is 0 Å². The number of thiophene rings is 1. The van der Waals surface area contributed by atoms with E-state index in [-0.39, 0.29) is 11.5 Å². The molecule has 2 aromatic rings. The van der Waals surface area contributed by atoms with Crippen LogP contribution in [0.25, 0.3) is 6.08 Å². The third-order valence-electron chi connectivity index (χ3n) is 4.14. The Morgan fingerprint density at radius 2 is 2.08 bits per heavy atom. The number of aryl methyl sites for hydroxylation is 1. The number of carboxylic acid groups (broad SMARTS) is 1. The molecule has 6 heteroatoms. The Morgan fingerprint density at radius 1 is 1.32 bits per heavy atom. The molecule has 5 nitrogen and oxygen atoms in total. The van der Waals surface area contributed by atoms with Crippen LogP contribution in [0.3, 0.4) is 0 Å². The summed E-state index contributed by atoms with van der Waals surface area (Å²) in [7, 11) is 0. The number of carboxylic acids is 1. The summed E-state index contributed by atoms with van der Waals surface area (Å²) in [6, 6.07) is 11.5. The number of amides is 1. The Labute approximate surface area is 149 Å². The van der Waals surface area contributed by atoms with Gasteiger partial charge in [0.15, 0.2) is 0 Å². The molecular formula is C19H16N2O3S. The van der Waals surface area contributed by atoms with Crippen molar-refractivity contribution in [1.82, 2.24) is 0 Å². The topological polar surface area (TPSA) is 90.2 Å². The second-order valence-corrected chi connectivity index (χ2v) is 6.88. The Kier molecular flexibility index (Phi) is 4.96. The molecule has 3 rings (SSSR count). The standard InChI is InChI=1S/C19H16N2O3S/c20-11-14-17-13(19(23)24)7-4-8-15(17)25-18(14)21-16(22)10-9-12-5-2-1-3-6-12/h1-3,5-6,9-10,13H,4,7-8H2,(H,21,22)(H,23,24)/b10-9+. The van der Waals surface area contributed by atoms with Crippen LogP contribution in [-0.2, 0) is 16.0 Å². The highest BCUT2D eigenvalue weighted by Gasteiger charge is 2.32. The number of hydrogen-bond acceptors (Lipinski definition) is 4. The Bertz CT molecular complexity index is 878. The van der Waals surface area contributed by atoms with Crippen LogP contribution in [0.1, 0.15) is 40.3 Å². The van der Waals surface area contributed by atoms with Gasteiger partial charge in [-0.25, -0.2) is 0 Å². The lowest BCUT2D eigenvalue weighted by atomic mass is 9.85. The third kappa shape index (κ3) is 3.62. The molecule has 25 heavy (non-hydrogen) atoms. The van der Waals surface area contributed by atoms with Gasteiger partial charge in [-0.05, 0) is 30.9 Å². The van der Waals surface area contributed by atoms with E-state index in [9.17, 15) is 20.0 Å². The molecule has 1 aliphatic rings. The number of aliphatic carboxylic acids is 1. The van der Waals surface area contributed by atoms with Crippen LogP contribution < -0.4 is 5.32 Å². The van der Waals surface area contributed by atoms with Crippen LogP contribution in [0, 0.1) is 11.3 Å². The molecule has 1 aliphatic carbocycles. The van der Waals surface area contributed by atoms with Crippen molar-refractivity contribution in [3.63, 3.8) is 0 Å². The minimum atomic E-state index is -0.919. The van der Waals surface area contributed by atoms with E-state index in [1.165, 1.54) is 17.4 Å². The van der Waals surface area contributed by atoms with E-state index >= 15 is 0 Å². The predicted octanol–water partition coefficient (Wildman–Crippen LogP) is 3.78. The van der Waals surface area contributed by atoms with Crippen LogP contribution in [0.5, 0.6) is 0 Å². The van der Waals surface area contributed by atoms with Crippen molar-refractivity contribution in [2.24, 2.45) is 0 Å². The lowest BCUT2D eigenvalue weighted by Gasteiger charge is -2.18. The highest BCUT2D eigenvalue weighted by atomic mass is 32.1. The summed E-state index contributed by atoms with van der Waals surface area (Å²) in [6.07, 6.45) is 5.14. The number of carbonyl (C=O) groups excluding carboxylic acids is 1. The average Bonchev–Trinajstić information content (AvgIpc) is 2.97. The summed E-state index contributed by atoms with van der Waals surface area (Å²) in [5.41, 5.74) is 1.76. The molecule has 0 spiro atoms. The largest absolute Gasteiger partial charge is 0.481 e. The van der Waals surface area contributed by atoms with Crippen molar-refractivity contribution >= 4 is 34.3 Å². The van der Waals surface area contributed by atoms with Crippen LogP contribution in [0.15, 0.2) is 36.4 Å². The molecule has 0 bridgehead atoms. The lowest BCUT2D eigenvalue weighted by Crippen LogP contribution is -2.17. The van der Waals surface area contributed by atoms with Crippen molar-refractivity contribution in [1.29, 1.82) is 5.26 Å². The summed E-state index contributed by atoms with van der Waals surface area (Å²) >= 11 is 1.31. The molecule has 0 fully saturated rings. The van der Waals surface area contributed by atoms with Gasteiger partial charge in [-0.1, -0.05) is 30.3 Å². The van der Waals surface area contributed by atoms with Crippen molar-refractivity contribution in [3.8, 4) is 6.07 Å². The minimum absolute atomic E-state index is 0.286. The number of anilines is 1. The number of hydrogen-bond donors (Lipinski definition) is 2. The van der Waals surface area contributed by atoms with Crippen molar-refractivity contribution in [2.75, 3.05) is 5.32 Å². The molecule has 1 aromatic heterocycles. The number of nitrogens with one attached hydrogen (secondary N) is 1.